The van der Waals surface area contributed by atoms with Crippen LogP contribution in [0.15, 0.2) is 12.2 Å². The van der Waals surface area contributed by atoms with Gasteiger partial charge in [0.05, 0.1) is 19.3 Å². The van der Waals surface area contributed by atoms with Gasteiger partial charge in [-0.1, -0.05) is 80.5 Å². The molecule has 5 aliphatic rings. The molecule has 0 N–H and O–H groups in total. The second kappa shape index (κ2) is 14.9. The lowest BCUT2D eigenvalue weighted by Crippen LogP contribution is -2.59. The molecular formula is C36H61BrO4. The number of hydrogen-bond donors (Lipinski definition) is 0. The Balaban J connectivity index is 1.21. The van der Waals surface area contributed by atoms with Crippen molar-refractivity contribution in [2.24, 2.45) is 40.4 Å². The van der Waals surface area contributed by atoms with Gasteiger partial charge in [-0.2, -0.15) is 0 Å². The van der Waals surface area contributed by atoms with Crippen LogP contribution in [0.25, 0.3) is 0 Å². The molecule has 4 saturated carbocycles. The summed E-state index contributed by atoms with van der Waals surface area (Å²) in [6.45, 7) is 7.23. The molecular weight excluding hydrogens is 576 g/mol. The highest BCUT2D eigenvalue weighted by atomic mass is 79.9. The van der Waals surface area contributed by atoms with Crippen LogP contribution < -0.4 is 0 Å². The quantitative estimate of drug-likeness (QED) is 0.0775. The number of alkyl halides is 1. The van der Waals surface area contributed by atoms with E-state index in [1.54, 1.807) is 7.11 Å². The van der Waals surface area contributed by atoms with E-state index in [0.717, 1.165) is 61.0 Å². The number of rotatable bonds is 15. The maximum Gasteiger partial charge on any atom is 0.168 e. The Morgan fingerprint density at radius 1 is 0.805 bits per heavy atom. The highest BCUT2D eigenvalue weighted by Gasteiger charge is 2.64. The fraction of sp³-hybridized carbons (Fsp3) is 0.944. The summed E-state index contributed by atoms with van der Waals surface area (Å²) < 4.78 is 24.3. The van der Waals surface area contributed by atoms with E-state index < -0.39 is 0 Å². The lowest BCUT2D eigenvalue weighted by Gasteiger charge is -2.64. The van der Waals surface area contributed by atoms with E-state index in [1.165, 1.54) is 103 Å². The molecule has 1 saturated heterocycles. The summed E-state index contributed by atoms with van der Waals surface area (Å²) >= 11 is 3.54. The predicted octanol–water partition coefficient (Wildman–Crippen LogP) is 9.84. The molecule has 1 heterocycles. The summed E-state index contributed by atoms with van der Waals surface area (Å²) in [7, 11) is 1.76. The fourth-order valence-corrected chi connectivity index (χ4v) is 11.0. The smallest absolute Gasteiger partial charge is 0.168 e. The minimum atomic E-state index is -0.277. The van der Waals surface area contributed by atoms with E-state index in [2.05, 4.69) is 41.9 Å². The van der Waals surface area contributed by atoms with Gasteiger partial charge in [-0.25, -0.2) is 0 Å². The third kappa shape index (κ3) is 7.15. The molecule has 0 aromatic heterocycles. The zero-order chi connectivity index (χ0) is 28.8. The first-order valence-corrected chi connectivity index (χ1v) is 18.7. The Kier molecular flexibility index (Phi) is 11.8. The van der Waals surface area contributed by atoms with Crippen LogP contribution in [0.3, 0.4) is 0 Å². The van der Waals surface area contributed by atoms with Crippen molar-refractivity contribution in [2.45, 2.75) is 141 Å². The first-order valence-electron chi connectivity index (χ1n) is 17.6. The normalized spacial score (nSPS) is 39.7. The van der Waals surface area contributed by atoms with Crippen LogP contribution in [-0.2, 0) is 18.9 Å². The molecule has 0 aromatic rings. The van der Waals surface area contributed by atoms with E-state index in [1.807, 2.05) is 0 Å². The number of fused-ring (bicyclic) bond motifs is 5. The van der Waals surface area contributed by atoms with Gasteiger partial charge in [0.1, 0.15) is 6.79 Å². The van der Waals surface area contributed by atoms with Gasteiger partial charge in [0.2, 0.25) is 0 Å². The average molecular weight is 638 g/mol. The van der Waals surface area contributed by atoms with Gasteiger partial charge in [-0.15, -0.1) is 0 Å². The Hall–Kier alpha value is 0.0600. The third-order valence-corrected chi connectivity index (χ3v) is 13.4. The maximum absolute atomic E-state index is 6.34. The summed E-state index contributed by atoms with van der Waals surface area (Å²) in [5.74, 6) is 3.64. The lowest BCUT2D eigenvalue weighted by atomic mass is 9.42. The van der Waals surface area contributed by atoms with Gasteiger partial charge in [0.25, 0.3) is 0 Å². The van der Waals surface area contributed by atoms with Crippen molar-refractivity contribution in [1.82, 2.24) is 0 Å². The maximum atomic E-state index is 6.34. The minimum absolute atomic E-state index is 0.277. The molecule has 41 heavy (non-hydrogen) atoms. The van der Waals surface area contributed by atoms with Crippen LogP contribution in [0.4, 0.5) is 0 Å². The number of halogens is 1. The fourth-order valence-electron chi connectivity index (χ4n) is 10.6. The van der Waals surface area contributed by atoms with Gasteiger partial charge in [-0.3, -0.25) is 0 Å². The number of methoxy groups -OCH3 is 1. The van der Waals surface area contributed by atoms with Crippen molar-refractivity contribution in [1.29, 1.82) is 0 Å². The van der Waals surface area contributed by atoms with E-state index in [4.69, 9.17) is 18.9 Å². The summed E-state index contributed by atoms with van der Waals surface area (Å²) in [5.41, 5.74) is 0.721. The van der Waals surface area contributed by atoms with E-state index in [-0.39, 0.29) is 5.79 Å². The summed E-state index contributed by atoms with van der Waals surface area (Å²) in [5, 5.41) is 1.16. The Morgan fingerprint density at radius 3 is 2.24 bits per heavy atom. The van der Waals surface area contributed by atoms with Crippen LogP contribution in [-0.4, -0.2) is 44.3 Å². The molecule has 5 rings (SSSR count). The predicted molar refractivity (Wildman–Crippen MR) is 171 cm³/mol. The van der Waals surface area contributed by atoms with Crippen LogP contribution in [0, 0.1) is 40.4 Å². The second-order valence-electron chi connectivity index (χ2n) is 15.0. The van der Waals surface area contributed by atoms with Gasteiger partial charge in [0.15, 0.2) is 5.79 Å². The van der Waals surface area contributed by atoms with Crippen molar-refractivity contribution >= 4 is 15.9 Å². The van der Waals surface area contributed by atoms with Gasteiger partial charge >= 0.3 is 0 Å². The van der Waals surface area contributed by atoms with Crippen LogP contribution in [0.5, 0.6) is 0 Å². The zero-order valence-corrected chi connectivity index (χ0v) is 28.3. The second-order valence-corrected chi connectivity index (χ2v) is 15.8. The van der Waals surface area contributed by atoms with Gasteiger partial charge in [-0.05, 0) is 105 Å². The van der Waals surface area contributed by atoms with Crippen molar-refractivity contribution in [3.63, 3.8) is 0 Å². The molecule has 8 atom stereocenters. The Bertz CT molecular complexity index is 826. The molecule has 5 heteroatoms. The van der Waals surface area contributed by atoms with Gasteiger partial charge in [0, 0.05) is 25.3 Å². The largest absolute Gasteiger partial charge is 0.359 e. The monoisotopic (exact) mass is 636 g/mol. The number of ether oxygens (including phenoxy) is 4. The molecule has 0 radical (unpaired) electrons. The van der Waals surface area contributed by atoms with Crippen molar-refractivity contribution in [3.8, 4) is 0 Å². The van der Waals surface area contributed by atoms with E-state index in [9.17, 15) is 0 Å². The van der Waals surface area contributed by atoms with E-state index in [0.29, 0.717) is 23.7 Å². The van der Waals surface area contributed by atoms with E-state index >= 15 is 0 Å². The van der Waals surface area contributed by atoms with Crippen molar-refractivity contribution in [2.75, 3.05) is 32.4 Å². The first kappa shape index (κ1) is 32.5. The third-order valence-electron chi connectivity index (χ3n) is 12.8. The van der Waals surface area contributed by atoms with Gasteiger partial charge < -0.3 is 18.9 Å². The molecule has 4 aliphatic carbocycles. The first-order chi connectivity index (χ1) is 20.0. The molecule has 4 nitrogen and oxygen atoms in total. The summed E-state index contributed by atoms with van der Waals surface area (Å²) in [4.78, 5) is 0. The minimum Gasteiger partial charge on any atom is -0.359 e. The standard InChI is InChI=1S/C36H61BrO4/c1-34-20-21-36(40-23-24-41-36)26-29(34)25-28(15-13-11-9-7-5-4-6-8-10-12-14-22-37)33-30-16-17-32(39-27-38-3)35(30,2)19-18-31(33)34/h11,13,28-33H,4-10,12,14-27H2,1-3H3/b13-11+/t28-,29+,30+,31+,32+,33+,34+,35+/m1/s1. The summed E-state index contributed by atoms with van der Waals surface area (Å²) in [6, 6.07) is 0. The molecule has 1 spiro atoms. The zero-order valence-electron chi connectivity index (χ0n) is 26.7. The molecule has 0 aromatic carbocycles. The number of allylic oxidation sites excluding steroid dienone is 2. The highest BCUT2D eigenvalue weighted by Crippen LogP contribution is 2.69. The number of unbranched alkanes of at least 4 members (excludes halogenated alkanes) is 8. The molecule has 5 fully saturated rings. The molecule has 236 valence electrons. The average Bonchev–Trinajstić information content (AvgIpc) is 3.57. The van der Waals surface area contributed by atoms with Crippen molar-refractivity contribution in [3.05, 3.63) is 12.2 Å². The molecule has 0 unspecified atom stereocenters. The lowest BCUT2D eigenvalue weighted by molar-refractivity contribution is -0.238. The Labute approximate surface area is 260 Å². The molecule has 1 aliphatic heterocycles. The Morgan fingerprint density at radius 2 is 1.51 bits per heavy atom. The summed E-state index contributed by atoms with van der Waals surface area (Å²) in [6.07, 6.45) is 29.1. The number of hydrogen-bond acceptors (Lipinski definition) is 4. The van der Waals surface area contributed by atoms with Crippen molar-refractivity contribution < 1.29 is 18.9 Å². The molecule has 0 amide bonds. The molecule has 0 bridgehead atoms. The SMILES string of the molecule is COCO[C@H]1CC[C@H]2[C@@H]3[C@H](C/C=C/CCCCCCCCCCBr)C[C@H]4CC5(CC[C@]4(C)[C@H]3CC[C@]12C)OCCO5. The van der Waals surface area contributed by atoms with Crippen LogP contribution in [0.2, 0.25) is 0 Å². The van der Waals surface area contributed by atoms with Crippen LogP contribution >= 0.6 is 15.9 Å². The van der Waals surface area contributed by atoms with Crippen LogP contribution in [0.1, 0.15) is 129 Å². The highest BCUT2D eigenvalue weighted by molar-refractivity contribution is 9.09. The topological polar surface area (TPSA) is 36.9 Å².